The van der Waals surface area contributed by atoms with Crippen molar-refractivity contribution < 1.29 is 31.5 Å². The van der Waals surface area contributed by atoms with Gasteiger partial charge in [-0.15, -0.1) is 0 Å². The van der Waals surface area contributed by atoms with E-state index < -0.39 is 34.3 Å². The molecule has 1 aliphatic rings. The maximum Gasteiger partial charge on any atom is 0.417 e. The smallest absolute Gasteiger partial charge is 0.336 e. The number of carbonyl (C=O) groups excluding carboxylic acids is 2. The number of aromatic nitrogens is 1. The number of amides is 1. The molecule has 1 amide bonds. The van der Waals surface area contributed by atoms with E-state index in [1.807, 2.05) is 0 Å². The van der Waals surface area contributed by atoms with Gasteiger partial charge < -0.3 is 4.90 Å². The number of Topliss-reactive ketones (excluding diaryl/α,β-unsaturated/α-hetero) is 1. The molecule has 0 unspecified atom stereocenters. The molecule has 23 heavy (non-hydrogen) atoms. The lowest BCUT2D eigenvalue weighted by Crippen LogP contribution is -2.46. The van der Waals surface area contributed by atoms with Crippen LogP contribution in [-0.2, 0) is 21.7 Å². The summed E-state index contributed by atoms with van der Waals surface area (Å²) in [5.41, 5.74) is -2.54. The third-order valence-corrected chi connectivity index (χ3v) is 3.63. The number of pyridine rings is 1. The minimum atomic E-state index is -4.79. The molecular formula is C13H10ClF5N2O2. The van der Waals surface area contributed by atoms with Gasteiger partial charge in [0.2, 0.25) is 0 Å². The quantitative estimate of drug-likeness (QED) is 0.765. The summed E-state index contributed by atoms with van der Waals surface area (Å²) >= 11 is 5.46. The van der Waals surface area contributed by atoms with Crippen molar-refractivity contribution in [2.75, 3.05) is 13.1 Å². The highest BCUT2D eigenvalue weighted by Gasteiger charge is 2.48. The van der Waals surface area contributed by atoms with Crippen LogP contribution >= 0.6 is 11.6 Å². The first kappa shape index (κ1) is 17.6. The molecule has 0 atom stereocenters. The Labute approximate surface area is 132 Å². The third kappa shape index (κ3) is 3.60. The van der Waals surface area contributed by atoms with E-state index in [-0.39, 0.29) is 37.9 Å². The average Bonchev–Trinajstić information content (AvgIpc) is 2.46. The molecule has 0 bridgehead atoms. The fraction of sp³-hybridized carbons (Fsp3) is 0.462. The zero-order chi connectivity index (χ0) is 17.4. The van der Waals surface area contributed by atoms with Gasteiger partial charge in [-0.25, -0.2) is 0 Å². The third-order valence-electron chi connectivity index (χ3n) is 3.34. The second-order valence-electron chi connectivity index (χ2n) is 4.96. The Bertz CT molecular complexity index is 638. The summed E-state index contributed by atoms with van der Waals surface area (Å²) in [6.07, 6.45) is -4.68. The van der Waals surface area contributed by atoms with Crippen molar-refractivity contribution in [3.8, 4) is 0 Å². The lowest BCUT2D eigenvalue weighted by atomic mass is 10.1. The SMILES string of the molecule is O=C1CCN(C(=O)C(F)(F)c2ncc(C(F)(F)F)cc2Cl)CC1. The van der Waals surface area contributed by atoms with Gasteiger partial charge in [-0.2, -0.15) is 22.0 Å². The van der Waals surface area contributed by atoms with E-state index in [4.69, 9.17) is 11.6 Å². The number of nitrogens with zero attached hydrogens (tertiary/aromatic N) is 2. The first-order valence-electron chi connectivity index (χ1n) is 6.45. The van der Waals surface area contributed by atoms with Gasteiger partial charge in [0.05, 0.1) is 10.6 Å². The zero-order valence-corrected chi connectivity index (χ0v) is 12.2. The van der Waals surface area contributed by atoms with Crippen molar-refractivity contribution in [1.82, 2.24) is 9.88 Å². The highest BCUT2D eigenvalue weighted by molar-refractivity contribution is 6.31. The van der Waals surface area contributed by atoms with Gasteiger partial charge in [0, 0.05) is 32.1 Å². The lowest BCUT2D eigenvalue weighted by molar-refractivity contribution is -0.161. The van der Waals surface area contributed by atoms with Crippen molar-refractivity contribution >= 4 is 23.3 Å². The number of hydrogen-bond donors (Lipinski definition) is 0. The number of rotatable bonds is 2. The summed E-state index contributed by atoms with van der Waals surface area (Å²) in [6.45, 7) is -0.350. The van der Waals surface area contributed by atoms with Crippen LogP contribution in [0.1, 0.15) is 24.1 Å². The number of halogens is 6. The summed E-state index contributed by atoms with van der Waals surface area (Å²) in [5.74, 6) is -5.97. The highest BCUT2D eigenvalue weighted by Crippen LogP contribution is 2.37. The number of alkyl halides is 5. The maximum atomic E-state index is 14.2. The molecule has 1 aromatic rings. The molecule has 0 N–H and O–H groups in total. The van der Waals surface area contributed by atoms with Gasteiger partial charge in [0.1, 0.15) is 11.5 Å². The number of hydrogen-bond acceptors (Lipinski definition) is 3. The Morgan fingerprint density at radius 2 is 1.74 bits per heavy atom. The van der Waals surface area contributed by atoms with Crippen molar-refractivity contribution in [3.63, 3.8) is 0 Å². The number of carbonyl (C=O) groups is 2. The van der Waals surface area contributed by atoms with Gasteiger partial charge in [-0.1, -0.05) is 11.6 Å². The summed E-state index contributed by atoms with van der Waals surface area (Å²) < 4.78 is 65.9. The standard InChI is InChI=1S/C13H10ClF5N2O2/c14-9-5-7(13(17,18)19)6-20-10(9)12(15,16)11(23)21-3-1-8(22)2-4-21/h5-6H,1-4H2. The summed E-state index contributed by atoms with van der Waals surface area (Å²) in [4.78, 5) is 26.8. The van der Waals surface area contributed by atoms with E-state index >= 15 is 0 Å². The molecular weight excluding hydrogens is 347 g/mol. The summed E-state index contributed by atoms with van der Waals surface area (Å²) in [6, 6.07) is 0.296. The predicted octanol–water partition coefficient (Wildman–Crippen LogP) is 3.04. The molecule has 0 aliphatic carbocycles. The molecule has 1 aromatic heterocycles. The monoisotopic (exact) mass is 356 g/mol. The fourth-order valence-corrected chi connectivity index (χ4v) is 2.37. The van der Waals surface area contributed by atoms with Gasteiger partial charge >= 0.3 is 12.1 Å². The van der Waals surface area contributed by atoms with Crippen LogP contribution in [0.15, 0.2) is 12.3 Å². The molecule has 4 nitrogen and oxygen atoms in total. The van der Waals surface area contributed by atoms with Crippen LogP contribution < -0.4 is 0 Å². The molecule has 10 heteroatoms. The van der Waals surface area contributed by atoms with E-state index in [9.17, 15) is 31.5 Å². The Morgan fingerprint density at radius 3 is 2.22 bits per heavy atom. The Morgan fingerprint density at radius 1 is 1.17 bits per heavy atom. The van der Waals surface area contributed by atoms with Crippen molar-refractivity contribution in [2.24, 2.45) is 0 Å². The van der Waals surface area contributed by atoms with E-state index in [0.717, 1.165) is 4.90 Å². The molecule has 1 saturated heterocycles. The topological polar surface area (TPSA) is 50.3 Å². The van der Waals surface area contributed by atoms with Gasteiger partial charge in [0.25, 0.3) is 5.91 Å². The number of likely N-dealkylation sites (tertiary alicyclic amines) is 1. The number of ketones is 1. The van der Waals surface area contributed by atoms with Crippen LogP contribution in [0.4, 0.5) is 22.0 Å². The molecule has 2 heterocycles. The highest BCUT2D eigenvalue weighted by atomic mass is 35.5. The minimum Gasteiger partial charge on any atom is -0.336 e. The van der Waals surface area contributed by atoms with Crippen molar-refractivity contribution in [2.45, 2.75) is 24.9 Å². The summed E-state index contributed by atoms with van der Waals surface area (Å²) in [5, 5.41) is -0.953. The summed E-state index contributed by atoms with van der Waals surface area (Å²) in [7, 11) is 0. The first-order chi connectivity index (χ1) is 10.5. The number of piperidine rings is 1. The second kappa shape index (κ2) is 6.03. The van der Waals surface area contributed by atoms with E-state index in [1.165, 1.54) is 0 Å². The average molecular weight is 357 g/mol. The van der Waals surface area contributed by atoms with Crippen LogP contribution in [0.3, 0.4) is 0 Å². The Balaban J connectivity index is 2.28. The van der Waals surface area contributed by atoms with Crippen LogP contribution in [0.5, 0.6) is 0 Å². The maximum absolute atomic E-state index is 14.2. The normalized spacial score (nSPS) is 16.6. The predicted molar refractivity (Wildman–Crippen MR) is 69.0 cm³/mol. The van der Waals surface area contributed by atoms with Gasteiger partial charge in [-0.3, -0.25) is 14.6 Å². The Kier molecular flexibility index (Phi) is 4.61. The van der Waals surface area contributed by atoms with Crippen LogP contribution in [0.2, 0.25) is 5.02 Å². The minimum absolute atomic E-state index is 0.0456. The van der Waals surface area contributed by atoms with Crippen molar-refractivity contribution in [1.29, 1.82) is 0 Å². The molecule has 0 aromatic carbocycles. The molecule has 0 saturated carbocycles. The fourth-order valence-electron chi connectivity index (χ4n) is 2.08. The molecule has 0 radical (unpaired) electrons. The lowest BCUT2D eigenvalue weighted by Gasteiger charge is -2.29. The Hall–Kier alpha value is -1.77. The van der Waals surface area contributed by atoms with Crippen LogP contribution in [-0.4, -0.2) is 34.7 Å². The van der Waals surface area contributed by atoms with Gasteiger partial charge in [-0.05, 0) is 6.07 Å². The molecule has 1 fully saturated rings. The molecule has 0 spiro atoms. The molecule has 1 aliphatic heterocycles. The first-order valence-corrected chi connectivity index (χ1v) is 6.83. The molecule has 126 valence electrons. The largest absolute Gasteiger partial charge is 0.417 e. The van der Waals surface area contributed by atoms with Crippen LogP contribution in [0.25, 0.3) is 0 Å². The van der Waals surface area contributed by atoms with Crippen molar-refractivity contribution in [3.05, 3.63) is 28.5 Å². The van der Waals surface area contributed by atoms with Crippen LogP contribution in [0, 0.1) is 0 Å². The van der Waals surface area contributed by atoms with E-state index in [1.54, 1.807) is 0 Å². The molecule has 2 rings (SSSR count). The second-order valence-corrected chi connectivity index (χ2v) is 5.36. The van der Waals surface area contributed by atoms with Gasteiger partial charge in [0.15, 0.2) is 0 Å². The van der Waals surface area contributed by atoms with E-state index in [0.29, 0.717) is 6.07 Å². The zero-order valence-electron chi connectivity index (χ0n) is 11.5. The van der Waals surface area contributed by atoms with E-state index in [2.05, 4.69) is 4.98 Å².